The number of anilines is 2. The molecule has 10 heteroatoms. The second-order valence-electron chi connectivity index (χ2n) is 6.91. The summed E-state index contributed by atoms with van der Waals surface area (Å²) in [6.45, 7) is 3.09. The van der Waals surface area contributed by atoms with Gasteiger partial charge >= 0.3 is 11.9 Å². The van der Waals surface area contributed by atoms with Crippen LogP contribution in [-0.2, 0) is 20.8 Å². The first-order valence-electron chi connectivity index (χ1n) is 10.3. The maximum Gasteiger partial charge on any atom is 0.345 e. The Balaban J connectivity index is 2.11. The molecular formula is C23H23FN4O5. The lowest BCUT2D eigenvalue weighted by atomic mass is 10.0. The van der Waals surface area contributed by atoms with Gasteiger partial charge in [0.05, 0.1) is 11.9 Å². The molecule has 172 valence electrons. The molecule has 0 amide bonds. The molecule has 0 atom stereocenters. The van der Waals surface area contributed by atoms with Crippen molar-refractivity contribution in [2.24, 2.45) is 0 Å². The zero-order valence-electron chi connectivity index (χ0n) is 18.2. The zero-order chi connectivity index (χ0) is 23.8. The second-order valence-corrected chi connectivity index (χ2v) is 6.91. The minimum atomic E-state index is -0.960. The SMILES string of the molecule is CCCC(=O)OCOC(=O)c1c(-c2cccc(F)c2)nn(CC)c(=O)c1Nc1cccnc1. The number of nitrogens with zero attached hydrogens (tertiary/aromatic N) is 3. The Hall–Kier alpha value is -4.08. The van der Waals surface area contributed by atoms with Gasteiger partial charge in [0.25, 0.3) is 5.56 Å². The Bertz CT molecular complexity index is 1200. The predicted molar refractivity (Wildman–Crippen MR) is 118 cm³/mol. The van der Waals surface area contributed by atoms with Crippen LogP contribution in [-0.4, -0.2) is 33.5 Å². The monoisotopic (exact) mass is 454 g/mol. The summed E-state index contributed by atoms with van der Waals surface area (Å²) in [5, 5.41) is 7.17. The van der Waals surface area contributed by atoms with Gasteiger partial charge in [0.1, 0.15) is 22.8 Å². The molecule has 0 bridgehead atoms. The minimum absolute atomic E-state index is 0.0345. The number of nitrogens with one attached hydrogen (secondary N) is 1. The lowest BCUT2D eigenvalue weighted by Crippen LogP contribution is -2.29. The highest BCUT2D eigenvalue weighted by Gasteiger charge is 2.26. The van der Waals surface area contributed by atoms with Crippen LogP contribution in [0, 0.1) is 5.82 Å². The fourth-order valence-electron chi connectivity index (χ4n) is 3.02. The van der Waals surface area contributed by atoms with Crippen LogP contribution in [0.1, 0.15) is 37.0 Å². The summed E-state index contributed by atoms with van der Waals surface area (Å²) in [5.74, 6) is -2.03. The van der Waals surface area contributed by atoms with Gasteiger partial charge in [0.15, 0.2) is 0 Å². The molecule has 1 aromatic carbocycles. The number of aromatic nitrogens is 3. The van der Waals surface area contributed by atoms with Crippen LogP contribution in [0.5, 0.6) is 0 Å². The first kappa shape index (κ1) is 23.6. The third-order valence-corrected chi connectivity index (χ3v) is 4.55. The number of hydrogen-bond donors (Lipinski definition) is 1. The van der Waals surface area contributed by atoms with E-state index in [4.69, 9.17) is 9.47 Å². The number of carbonyl (C=O) groups is 2. The van der Waals surface area contributed by atoms with Crippen LogP contribution in [0.15, 0.2) is 53.6 Å². The molecule has 0 fully saturated rings. The van der Waals surface area contributed by atoms with Gasteiger partial charge in [-0.15, -0.1) is 0 Å². The van der Waals surface area contributed by atoms with Gasteiger partial charge < -0.3 is 14.8 Å². The number of rotatable bonds is 9. The Kier molecular flexibility index (Phi) is 7.85. The maximum atomic E-state index is 14.0. The number of pyridine rings is 1. The molecule has 0 saturated carbocycles. The highest BCUT2D eigenvalue weighted by Crippen LogP contribution is 2.28. The number of esters is 2. The number of halogens is 1. The van der Waals surface area contributed by atoms with E-state index in [1.54, 1.807) is 31.3 Å². The predicted octanol–water partition coefficient (Wildman–Crippen LogP) is 3.67. The summed E-state index contributed by atoms with van der Waals surface area (Å²) in [7, 11) is 0. The second kappa shape index (κ2) is 11.0. The molecular weight excluding hydrogens is 431 g/mol. The lowest BCUT2D eigenvalue weighted by molar-refractivity contribution is -0.152. The molecule has 33 heavy (non-hydrogen) atoms. The largest absolute Gasteiger partial charge is 0.428 e. The van der Waals surface area contributed by atoms with Gasteiger partial charge in [-0.1, -0.05) is 19.1 Å². The number of hydrogen-bond acceptors (Lipinski definition) is 8. The van der Waals surface area contributed by atoms with Crippen molar-refractivity contribution >= 4 is 23.3 Å². The summed E-state index contributed by atoms with van der Waals surface area (Å²) in [6, 6.07) is 8.77. The van der Waals surface area contributed by atoms with E-state index in [1.165, 1.54) is 24.4 Å². The van der Waals surface area contributed by atoms with Gasteiger partial charge in [-0.3, -0.25) is 14.6 Å². The Morgan fingerprint density at radius 3 is 2.64 bits per heavy atom. The van der Waals surface area contributed by atoms with Crippen LogP contribution in [0.25, 0.3) is 11.3 Å². The Morgan fingerprint density at radius 1 is 1.15 bits per heavy atom. The fourth-order valence-corrected chi connectivity index (χ4v) is 3.02. The number of benzene rings is 1. The summed E-state index contributed by atoms with van der Waals surface area (Å²) in [6.07, 6.45) is 3.78. The van der Waals surface area contributed by atoms with Crippen molar-refractivity contribution < 1.29 is 23.5 Å². The molecule has 0 aliphatic rings. The molecule has 9 nitrogen and oxygen atoms in total. The first-order chi connectivity index (χ1) is 15.9. The molecule has 0 aliphatic carbocycles. The van der Waals surface area contributed by atoms with E-state index in [9.17, 15) is 18.8 Å². The van der Waals surface area contributed by atoms with Crippen molar-refractivity contribution in [2.75, 3.05) is 12.1 Å². The van der Waals surface area contributed by atoms with Crippen LogP contribution in [0.4, 0.5) is 15.8 Å². The van der Waals surface area contributed by atoms with E-state index in [0.717, 1.165) is 4.68 Å². The molecule has 3 aromatic rings. The number of aryl methyl sites for hydroxylation is 1. The Labute approximate surface area is 189 Å². The standard InChI is InChI=1S/C23H23FN4O5/c1-3-7-18(29)32-14-33-23(31)19-20(15-8-5-9-16(24)12-15)27-28(4-2)22(30)21(19)26-17-10-6-11-25-13-17/h5-6,8-13,26H,3-4,7,14H2,1-2H3. The topological polar surface area (TPSA) is 112 Å². The normalized spacial score (nSPS) is 10.5. The minimum Gasteiger partial charge on any atom is -0.428 e. The first-order valence-corrected chi connectivity index (χ1v) is 10.3. The van der Waals surface area contributed by atoms with Crippen molar-refractivity contribution in [1.29, 1.82) is 0 Å². The summed E-state index contributed by atoms with van der Waals surface area (Å²) < 4.78 is 25.1. The molecule has 1 N–H and O–H groups in total. The highest BCUT2D eigenvalue weighted by molar-refractivity contribution is 6.02. The van der Waals surface area contributed by atoms with Crippen LogP contribution in [0.3, 0.4) is 0 Å². The fraction of sp³-hybridized carbons (Fsp3) is 0.261. The third-order valence-electron chi connectivity index (χ3n) is 4.55. The maximum absolute atomic E-state index is 14.0. The molecule has 3 rings (SSSR count). The lowest BCUT2D eigenvalue weighted by Gasteiger charge is -2.17. The van der Waals surface area contributed by atoms with E-state index in [1.807, 2.05) is 6.92 Å². The molecule has 0 aliphatic heterocycles. The summed E-state index contributed by atoms with van der Waals surface area (Å²) in [5.41, 5.74) is -0.184. The average molecular weight is 454 g/mol. The van der Waals surface area contributed by atoms with E-state index in [-0.39, 0.29) is 35.5 Å². The number of carbonyl (C=O) groups excluding carboxylic acids is 2. The van der Waals surface area contributed by atoms with Crippen molar-refractivity contribution in [1.82, 2.24) is 14.8 Å². The van der Waals surface area contributed by atoms with Crippen LogP contribution in [0.2, 0.25) is 0 Å². The van der Waals surface area contributed by atoms with Gasteiger partial charge in [-0.25, -0.2) is 13.9 Å². The highest BCUT2D eigenvalue weighted by atomic mass is 19.1. The zero-order valence-corrected chi connectivity index (χ0v) is 18.2. The van der Waals surface area contributed by atoms with Crippen molar-refractivity contribution in [3.63, 3.8) is 0 Å². The molecule has 0 saturated heterocycles. The van der Waals surface area contributed by atoms with Crippen LogP contribution < -0.4 is 10.9 Å². The molecule has 2 heterocycles. The van der Waals surface area contributed by atoms with Gasteiger partial charge in [-0.05, 0) is 37.6 Å². The van der Waals surface area contributed by atoms with Gasteiger partial charge in [-0.2, -0.15) is 5.10 Å². The van der Waals surface area contributed by atoms with Crippen LogP contribution >= 0.6 is 0 Å². The average Bonchev–Trinajstić information content (AvgIpc) is 2.81. The van der Waals surface area contributed by atoms with Gasteiger partial charge in [0.2, 0.25) is 6.79 Å². The van der Waals surface area contributed by atoms with E-state index in [2.05, 4.69) is 15.4 Å². The van der Waals surface area contributed by atoms with Crippen molar-refractivity contribution in [3.05, 3.63) is 70.5 Å². The van der Waals surface area contributed by atoms with Crippen molar-refractivity contribution in [2.45, 2.75) is 33.2 Å². The molecule has 2 aromatic heterocycles. The van der Waals surface area contributed by atoms with E-state index >= 15 is 0 Å². The number of ether oxygens (including phenoxy) is 2. The molecule has 0 radical (unpaired) electrons. The molecule has 0 spiro atoms. The summed E-state index contributed by atoms with van der Waals surface area (Å²) in [4.78, 5) is 41.8. The third kappa shape index (κ3) is 5.79. The van der Waals surface area contributed by atoms with E-state index < -0.39 is 30.1 Å². The summed E-state index contributed by atoms with van der Waals surface area (Å²) >= 11 is 0. The molecule has 0 unspecified atom stereocenters. The van der Waals surface area contributed by atoms with Gasteiger partial charge in [0, 0.05) is 24.7 Å². The Morgan fingerprint density at radius 2 is 1.97 bits per heavy atom. The van der Waals surface area contributed by atoms with Crippen molar-refractivity contribution in [3.8, 4) is 11.3 Å². The quantitative estimate of drug-likeness (QED) is 0.385. The van der Waals surface area contributed by atoms with E-state index in [0.29, 0.717) is 12.1 Å². The smallest absolute Gasteiger partial charge is 0.345 e.